The van der Waals surface area contributed by atoms with Crippen molar-refractivity contribution in [1.29, 1.82) is 0 Å². The lowest BCUT2D eigenvalue weighted by Gasteiger charge is -2.36. The van der Waals surface area contributed by atoms with E-state index in [2.05, 4.69) is 25.2 Å². The highest BCUT2D eigenvalue weighted by Crippen LogP contribution is 2.22. The van der Waals surface area contributed by atoms with Crippen LogP contribution in [0.15, 0.2) is 11.6 Å². The molecule has 0 radical (unpaired) electrons. The Bertz CT molecular complexity index is 208. The lowest BCUT2D eigenvalue weighted by Crippen LogP contribution is -2.52. The quantitative estimate of drug-likeness (QED) is 0.640. The second-order valence-electron chi connectivity index (χ2n) is 4.47. The SMILES string of the molecule is CCC(C)(O)C1C=C(C)CC(C)N1. The fraction of sp³-hybridized carbons (Fsp3) is 0.818. The third kappa shape index (κ3) is 2.55. The minimum absolute atomic E-state index is 0.112. The Morgan fingerprint density at radius 1 is 1.69 bits per heavy atom. The zero-order chi connectivity index (χ0) is 10.1. The molecule has 0 amide bonds. The molecule has 0 saturated carbocycles. The first-order valence-corrected chi connectivity index (χ1v) is 5.11. The zero-order valence-corrected chi connectivity index (χ0v) is 9.09. The van der Waals surface area contributed by atoms with Crippen LogP contribution < -0.4 is 5.32 Å². The third-order valence-corrected chi connectivity index (χ3v) is 2.93. The van der Waals surface area contributed by atoms with Crippen LogP contribution in [0.2, 0.25) is 0 Å². The Balaban J connectivity index is 2.75. The maximum atomic E-state index is 10.1. The van der Waals surface area contributed by atoms with Gasteiger partial charge in [-0.15, -0.1) is 0 Å². The second-order valence-corrected chi connectivity index (χ2v) is 4.47. The van der Waals surface area contributed by atoms with E-state index in [-0.39, 0.29) is 6.04 Å². The van der Waals surface area contributed by atoms with Crippen molar-refractivity contribution in [1.82, 2.24) is 5.32 Å². The Hall–Kier alpha value is -0.340. The van der Waals surface area contributed by atoms with E-state index in [0.29, 0.717) is 6.04 Å². The summed E-state index contributed by atoms with van der Waals surface area (Å²) in [5.41, 5.74) is 0.764. The normalized spacial score (nSPS) is 33.8. The standard InChI is InChI=1S/C11H21NO/c1-5-11(4,13)10-7-8(2)6-9(3)12-10/h7,9-10,12-13H,5-6H2,1-4H3. The summed E-state index contributed by atoms with van der Waals surface area (Å²) < 4.78 is 0. The predicted molar refractivity (Wildman–Crippen MR) is 55.7 cm³/mol. The van der Waals surface area contributed by atoms with Crippen LogP contribution in [0.1, 0.15) is 40.5 Å². The van der Waals surface area contributed by atoms with E-state index in [9.17, 15) is 5.11 Å². The predicted octanol–water partition coefficient (Wildman–Crippen LogP) is 1.84. The summed E-state index contributed by atoms with van der Waals surface area (Å²) in [4.78, 5) is 0. The Labute approximate surface area is 81.0 Å². The highest BCUT2D eigenvalue weighted by Gasteiger charge is 2.31. The molecule has 1 rings (SSSR count). The molecular weight excluding hydrogens is 162 g/mol. The first kappa shape index (κ1) is 10.7. The third-order valence-electron chi connectivity index (χ3n) is 2.93. The minimum atomic E-state index is -0.615. The highest BCUT2D eigenvalue weighted by molar-refractivity contribution is 5.15. The molecule has 0 saturated heterocycles. The summed E-state index contributed by atoms with van der Waals surface area (Å²) in [5, 5.41) is 13.5. The molecule has 0 aromatic carbocycles. The average molecular weight is 183 g/mol. The van der Waals surface area contributed by atoms with Gasteiger partial charge in [0.25, 0.3) is 0 Å². The largest absolute Gasteiger partial charge is 0.388 e. The maximum Gasteiger partial charge on any atom is 0.0805 e. The molecule has 2 nitrogen and oxygen atoms in total. The Morgan fingerprint density at radius 3 is 2.77 bits per heavy atom. The molecule has 3 unspecified atom stereocenters. The van der Waals surface area contributed by atoms with Gasteiger partial charge in [0, 0.05) is 6.04 Å². The van der Waals surface area contributed by atoms with Gasteiger partial charge in [0.15, 0.2) is 0 Å². The van der Waals surface area contributed by atoms with Gasteiger partial charge in [0.1, 0.15) is 0 Å². The van der Waals surface area contributed by atoms with E-state index in [0.717, 1.165) is 12.8 Å². The molecule has 0 aliphatic carbocycles. The van der Waals surface area contributed by atoms with E-state index in [1.54, 1.807) is 0 Å². The molecule has 0 fully saturated rings. The monoisotopic (exact) mass is 183 g/mol. The van der Waals surface area contributed by atoms with Gasteiger partial charge in [-0.25, -0.2) is 0 Å². The van der Waals surface area contributed by atoms with Crippen molar-refractivity contribution in [2.75, 3.05) is 0 Å². The van der Waals surface area contributed by atoms with Crippen molar-refractivity contribution in [3.63, 3.8) is 0 Å². The summed E-state index contributed by atoms with van der Waals surface area (Å²) in [7, 11) is 0. The summed E-state index contributed by atoms with van der Waals surface area (Å²) in [6, 6.07) is 0.592. The summed E-state index contributed by atoms with van der Waals surface area (Å²) in [6.45, 7) is 8.21. The molecule has 1 heterocycles. The molecule has 2 heteroatoms. The van der Waals surface area contributed by atoms with Crippen molar-refractivity contribution in [3.8, 4) is 0 Å². The molecule has 0 aromatic rings. The van der Waals surface area contributed by atoms with Crippen LogP contribution in [-0.2, 0) is 0 Å². The van der Waals surface area contributed by atoms with Gasteiger partial charge >= 0.3 is 0 Å². The van der Waals surface area contributed by atoms with Crippen LogP contribution in [0.4, 0.5) is 0 Å². The van der Waals surface area contributed by atoms with Crippen molar-refractivity contribution in [3.05, 3.63) is 11.6 Å². The topological polar surface area (TPSA) is 32.3 Å². The molecule has 2 N–H and O–H groups in total. The lowest BCUT2D eigenvalue weighted by molar-refractivity contribution is 0.0259. The Morgan fingerprint density at radius 2 is 2.31 bits per heavy atom. The number of nitrogens with one attached hydrogen (secondary N) is 1. The van der Waals surface area contributed by atoms with Crippen LogP contribution >= 0.6 is 0 Å². The molecule has 0 bridgehead atoms. The smallest absolute Gasteiger partial charge is 0.0805 e. The molecule has 76 valence electrons. The fourth-order valence-corrected chi connectivity index (χ4v) is 1.83. The summed E-state index contributed by atoms with van der Waals surface area (Å²) >= 11 is 0. The van der Waals surface area contributed by atoms with Crippen LogP contribution in [0, 0.1) is 0 Å². The molecule has 0 aromatic heterocycles. The molecule has 13 heavy (non-hydrogen) atoms. The maximum absolute atomic E-state index is 10.1. The second kappa shape index (κ2) is 3.81. The number of hydrogen-bond donors (Lipinski definition) is 2. The molecule has 3 atom stereocenters. The average Bonchev–Trinajstić information content (AvgIpc) is 2.02. The van der Waals surface area contributed by atoms with Gasteiger partial charge in [0.2, 0.25) is 0 Å². The number of hydrogen-bond acceptors (Lipinski definition) is 2. The summed E-state index contributed by atoms with van der Waals surface area (Å²) in [5.74, 6) is 0. The van der Waals surface area contributed by atoms with E-state index < -0.39 is 5.60 Å². The highest BCUT2D eigenvalue weighted by atomic mass is 16.3. The van der Waals surface area contributed by atoms with Gasteiger partial charge in [-0.3, -0.25) is 0 Å². The van der Waals surface area contributed by atoms with Crippen LogP contribution in [0.25, 0.3) is 0 Å². The van der Waals surface area contributed by atoms with Crippen LogP contribution in [0.5, 0.6) is 0 Å². The fourth-order valence-electron chi connectivity index (χ4n) is 1.83. The first-order chi connectivity index (χ1) is 5.95. The molecule has 0 spiro atoms. The van der Waals surface area contributed by atoms with Gasteiger partial charge in [-0.2, -0.15) is 0 Å². The first-order valence-electron chi connectivity index (χ1n) is 5.11. The number of aliphatic hydroxyl groups is 1. The van der Waals surface area contributed by atoms with Gasteiger partial charge < -0.3 is 10.4 Å². The molecule has 1 aliphatic heterocycles. The van der Waals surface area contributed by atoms with Crippen LogP contribution in [0.3, 0.4) is 0 Å². The number of rotatable bonds is 2. The van der Waals surface area contributed by atoms with Crippen molar-refractivity contribution in [2.24, 2.45) is 0 Å². The van der Waals surface area contributed by atoms with E-state index in [4.69, 9.17) is 0 Å². The van der Waals surface area contributed by atoms with Gasteiger partial charge in [-0.1, -0.05) is 18.6 Å². The van der Waals surface area contributed by atoms with Crippen molar-refractivity contribution in [2.45, 2.75) is 58.2 Å². The Kier molecular flexibility index (Phi) is 3.14. The minimum Gasteiger partial charge on any atom is -0.388 e. The van der Waals surface area contributed by atoms with E-state index in [1.807, 2.05) is 13.8 Å². The van der Waals surface area contributed by atoms with Gasteiger partial charge in [-0.05, 0) is 33.6 Å². The van der Waals surface area contributed by atoms with Crippen LogP contribution in [-0.4, -0.2) is 22.8 Å². The lowest BCUT2D eigenvalue weighted by atomic mass is 9.87. The summed E-state index contributed by atoms with van der Waals surface area (Å²) in [6.07, 6.45) is 4.03. The van der Waals surface area contributed by atoms with E-state index >= 15 is 0 Å². The zero-order valence-electron chi connectivity index (χ0n) is 9.09. The molecule has 1 aliphatic rings. The van der Waals surface area contributed by atoms with Gasteiger partial charge in [0.05, 0.1) is 11.6 Å². The van der Waals surface area contributed by atoms with Crippen molar-refractivity contribution >= 4 is 0 Å². The van der Waals surface area contributed by atoms with E-state index in [1.165, 1.54) is 5.57 Å². The van der Waals surface area contributed by atoms with Crippen molar-refractivity contribution < 1.29 is 5.11 Å². The molecular formula is C11H21NO.